The summed E-state index contributed by atoms with van der Waals surface area (Å²) in [6, 6.07) is 6.21. The molecule has 0 radical (unpaired) electrons. The quantitative estimate of drug-likeness (QED) is 0.805. The van der Waals surface area contributed by atoms with Gasteiger partial charge < -0.3 is 15.6 Å². The Labute approximate surface area is 96.2 Å². The molecule has 0 aliphatic heterocycles. The van der Waals surface area contributed by atoms with Gasteiger partial charge in [-0.1, -0.05) is 6.07 Å². The minimum Gasteiger partial charge on any atom is -0.491 e. The zero-order valence-electron chi connectivity index (χ0n) is 9.48. The molecule has 0 heterocycles. The normalized spacial score (nSPS) is 16.6. The first-order valence-corrected chi connectivity index (χ1v) is 5.92. The molecule has 3 N–H and O–H groups in total. The van der Waals surface area contributed by atoms with Crippen LogP contribution in [0.5, 0.6) is 5.75 Å². The van der Waals surface area contributed by atoms with Gasteiger partial charge in [0.25, 0.3) is 0 Å². The van der Waals surface area contributed by atoms with Crippen LogP contribution in [0.15, 0.2) is 18.2 Å². The number of nitrogens with two attached hydrogens (primary N) is 1. The molecule has 1 aromatic carbocycles. The van der Waals surface area contributed by atoms with E-state index in [-0.39, 0.29) is 13.2 Å². The van der Waals surface area contributed by atoms with Crippen molar-refractivity contribution in [2.24, 2.45) is 5.73 Å². The summed E-state index contributed by atoms with van der Waals surface area (Å²) >= 11 is 0. The van der Waals surface area contributed by atoms with Crippen LogP contribution in [0.4, 0.5) is 0 Å². The van der Waals surface area contributed by atoms with Gasteiger partial charge in [0.15, 0.2) is 0 Å². The Morgan fingerprint density at radius 3 is 2.75 bits per heavy atom. The number of hydrogen-bond donors (Lipinski definition) is 2. The van der Waals surface area contributed by atoms with Crippen LogP contribution in [-0.2, 0) is 12.8 Å². The molecule has 3 heteroatoms. The second-order valence-corrected chi connectivity index (χ2v) is 4.34. The number of hydrogen-bond acceptors (Lipinski definition) is 3. The molecule has 1 aromatic rings. The first-order chi connectivity index (χ1) is 7.79. The summed E-state index contributed by atoms with van der Waals surface area (Å²) in [4.78, 5) is 0. The molecular weight excluding hydrogens is 202 g/mol. The predicted molar refractivity (Wildman–Crippen MR) is 63.6 cm³/mol. The molecule has 3 nitrogen and oxygen atoms in total. The van der Waals surface area contributed by atoms with Gasteiger partial charge in [-0.3, -0.25) is 0 Å². The highest BCUT2D eigenvalue weighted by Crippen LogP contribution is 2.25. The van der Waals surface area contributed by atoms with E-state index in [1.807, 2.05) is 6.07 Å². The predicted octanol–water partition coefficient (Wildman–Crippen LogP) is 1.26. The summed E-state index contributed by atoms with van der Waals surface area (Å²) in [6.45, 7) is 0.514. The molecule has 0 amide bonds. The van der Waals surface area contributed by atoms with E-state index in [0.29, 0.717) is 0 Å². The summed E-state index contributed by atoms with van der Waals surface area (Å²) in [5, 5.41) is 9.31. The van der Waals surface area contributed by atoms with E-state index in [0.717, 1.165) is 12.2 Å². The Morgan fingerprint density at radius 1 is 1.25 bits per heavy atom. The van der Waals surface area contributed by atoms with E-state index in [1.54, 1.807) is 0 Å². The zero-order valence-corrected chi connectivity index (χ0v) is 9.48. The third-order valence-corrected chi connectivity index (χ3v) is 3.03. The van der Waals surface area contributed by atoms with Gasteiger partial charge in [0.05, 0.1) is 0 Å². The van der Waals surface area contributed by atoms with Crippen LogP contribution in [0, 0.1) is 0 Å². The van der Waals surface area contributed by atoms with E-state index in [4.69, 9.17) is 10.5 Å². The molecule has 1 atom stereocenters. The molecule has 88 valence electrons. The number of aryl methyl sites for hydroxylation is 2. The molecule has 0 saturated heterocycles. The third kappa shape index (κ3) is 2.74. The van der Waals surface area contributed by atoms with Crippen molar-refractivity contribution in [3.05, 3.63) is 29.3 Å². The van der Waals surface area contributed by atoms with Crippen LogP contribution in [0.2, 0.25) is 0 Å². The number of fused-ring (bicyclic) bond motifs is 1. The molecule has 0 bridgehead atoms. The third-order valence-electron chi connectivity index (χ3n) is 3.03. The van der Waals surface area contributed by atoms with Gasteiger partial charge in [-0.15, -0.1) is 0 Å². The Hall–Kier alpha value is -1.06. The number of aliphatic hydroxyl groups is 1. The average Bonchev–Trinajstić information content (AvgIpc) is 2.35. The van der Waals surface area contributed by atoms with E-state index in [9.17, 15) is 5.11 Å². The molecule has 16 heavy (non-hydrogen) atoms. The van der Waals surface area contributed by atoms with Crippen LogP contribution in [-0.4, -0.2) is 24.4 Å². The van der Waals surface area contributed by atoms with Gasteiger partial charge in [-0.05, 0) is 48.9 Å². The van der Waals surface area contributed by atoms with Crippen molar-refractivity contribution in [2.75, 3.05) is 13.2 Å². The Bertz CT molecular complexity index is 352. The van der Waals surface area contributed by atoms with Crippen LogP contribution < -0.4 is 10.5 Å². The number of ether oxygens (including phenoxy) is 1. The molecular formula is C13H19NO2. The van der Waals surface area contributed by atoms with Crippen molar-refractivity contribution in [3.8, 4) is 5.75 Å². The van der Waals surface area contributed by atoms with E-state index >= 15 is 0 Å². The SMILES string of the molecule is NCC(O)COc1ccc2c(c1)CCCC2. The maximum absolute atomic E-state index is 9.31. The first kappa shape index (κ1) is 11.4. The number of benzene rings is 1. The average molecular weight is 221 g/mol. The van der Waals surface area contributed by atoms with E-state index < -0.39 is 6.10 Å². The summed E-state index contributed by atoms with van der Waals surface area (Å²) in [5.41, 5.74) is 8.15. The summed E-state index contributed by atoms with van der Waals surface area (Å²) in [6.07, 6.45) is 4.31. The van der Waals surface area contributed by atoms with Crippen molar-refractivity contribution in [1.82, 2.24) is 0 Å². The zero-order chi connectivity index (χ0) is 11.4. The van der Waals surface area contributed by atoms with Crippen molar-refractivity contribution in [2.45, 2.75) is 31.8 Å². The molecule has 0 saturated carbocycles. The van der Waals surface area contributed by atoms with Crippen molar-refractivity contribution in [3.63, 3.8) is 0 Å². The Kier molecular flexibility index (Phi) is 3.80. The fraction of sp³-hybridized carbons (Fsp3) is 0.538. The fourth-order valence-corrected chi connectivity index (χ4v) is 2.06. The second-order valence-electron chi connectivity index (χ2n) is 4.34. The maximum Gasteiger partial charge on any atom is 0.119 e. The number of rotatable bonds is 4. The van der Waals surface area contributed by atoms with Crippen LogP contribution in [0.25, 0.3) is 0 Å². The van der Waals surface area contributed by atoms with Crippen LogP contribution >= 0.6 is 0 Å². The summed E-state index contributed by atoms with van der Waals surface area (Å²) in [5.74, 6) is 0.841. The highest BCUT2D eigenvalue weighted by atomic mass is 16.5. The summed E-state index contributed by atoms with van der Waals surface area (Å²) in [7, 11) is 0. The van der Waals surface area contributed by atoms with Gasteiger partial charge in [-0.2, -0.15) is 0 Å². The minimum absolute atomic E-state index is 0.241. The lowest BCUT2D eigenvalue weighted by Crippen LogP contribution is -2.26. The van der Waals surface area contributed by atoms with Crippen molar-refractivity contribution < 1.29 is 9.84 Å². The monoisotopic (exact) mass is 221 g/mol. The molecule has 1 aliphatic carbocycles. The lowest BCUT2D eigenvalue weighted by atomic mass is 9.92. The second kappa shape index (κ2) is 5.32. The highest BCUT2D eigenvalue weighted by molar-refractivity contribution is 5.37. The van der Waals surface area contributed by atoms with Gasteiger partial charge in [0.1, 0.15) is 18.5 Å². The minimum atomic E-state index is -0.573. The Morgan fingerprint density at radius 2 is 2.00 bits per heavy atom. The topological polar surface area (TPSA) is 55.5 Å². The standard InChI is InChI=1S/C13H19NO2/c14-8-12(15)9-16-13-6-5-10-3-1-2-4-11(10)7-13/h5-7,12,15H,1-4,8-9,14H2. The van der Waals surface area contributed by atoms with E-state index in [2.05, 4.69) is 12.1 Å². The van der Waals surface area contributed by atoms with Crippen LogP contribution in [0.1, 0.15) is 24.0 Å². The van der Waals surface area contributed by atoms with Crippen LogP contribution in [0.3, 0.4) is 0 Å². The largest absolute Gasteiger partial charge is 0.491 e. The lowest BCUT2D eigenvalue weighted by molar-refractivity contribution is 0.114. The molecule has 2 rings (SSSR count). The maximum atomic E-state index is 9.31. The molecule has 1 unspecified atom stereocenters. The van der Waals surface area contributed by atoms with Crippen molar-refractivity contribution in [1.29, 1.82) is 0 Å². The van der Waals surface area contributed by atoms with E-state index in [1.165, 1.54) is 30.4 Å². The molecule has 0 spiro atoms. The lowest BCUT2D eigenvalue weighted by Gasteiger charge is -2.17. The van der Waals surface area contributed by atoms with Gasteiger partial charge in [-0.25, -0.2) is 0 Å². The summed E-state index contributed by atoms with van der Waals surface area (Å²) < 4.78 is 5.49. The molecule has 0 fully saturated rings. The van der Waals surface area contributed by atoms with Gasteiger partial charge in [0.2, 0.25) is 0 Å². The Balaban J connectivity index is 2.00. The highest BCUT2D eigenvalue weighted by Gasteiger charge is 2.10. The number of aliphatic hydroxyl groups excluding tert-OH is 1. The fourth-order valence-electron chi connectivity index (χ4n) is 2.06. The molecule has 0 aromatic heterocycles. The smallest absolute Gasteiger partial charge is 0.119 e. The van der Waals surface area contributed by atoms with Gasteiger partial charge in [0, 0.05) is 6.54 Å². The molecule has 1 aliphatic rings. The first-order valence-electron chi connectivity index (χ1n) is 5.92. The van der Waals surface area contributed by atoms with Crippen molar-refractivity contribution >= 4 is 0 Å². The van der Waals surface area contributed by atoms with Gasteiger partial charge >= 0.3 is 0 Å².